The molecule has 2 saturated heterocycles. The van der Waals surface area contributed by atoms with Crippen LogP contribution in [-0.4, -0.2) is 65.6 Å². The van der Waals surface area contributed by atoms with Crippen LogP contribution in [0.15, 0.2) is 42.5 Å². The molecule has 33 heavy (non-hydrogen) atoms. The quantitative estimate of drug-likeness (QED) is 0.530. The van der Waals surface area contributed by atoms with Crippen molar-refractivity contribution in [3.8, 4) is 0 Å². The monoisotopic (exact) mass is 447 g/mol. The molecule has 0 aromatic heterocycles. The van der Waals surface area contributed by atoms with Crippen molar-refractivity contribution in [3.05, 3.63) is 59.2 Å². The number of piperazine rings is 1. The summed E-state index contributed by atoms with van der Waals surface area (Å²) in [7, 11) is 0. The number of amides is 4. The molecule has 0 bridgehead atoms. The minimum atomic E-state index is -0.944. The topological polar surface area (TPSA) is 116 Å². The molecule has 9 nitrogen and oxygen atoms in total. The van der Waals surface area contributed by atoms with Gasteiger partial charge in [-0.2, -0.15) is 0 Å². The number of rotatable bonds is 4. The van der Waals surface area contributed by atoms with E-state index in [1.54, 1.807) is 12.1 Å². The van der Waals surface area contributed by atoms with Crippen molar-refractivity contribution in [1.82, 2.24) is 15.1 Å². The molecule has 0 spiro atoms. The zero-order chi connectivity index (χ0) is 23.1. The smallest absolute Gasteiger partial charge is 0.262 e. The van der Waals surface area contributed by atoms with E-state index in [1.165, 1.54) is 0 Å². The van der Waals surface area contributed by atoms with Crippen LogP contribution in [0.4, 0.5) is 11.4 Å². The van der Waals surface area contributed by atoms with Crippen molar-refractivity contribution in [1.29, 1.82) is 0 Å². The Balaban J connectivity index is 1.25. The Hall–Kier alpha value is -3.72. The summed E-state index contributed by atoms with van der Waals surface area (Å²) >= 11 is 0. The van der Waals surface area contributed by atoms with E-state index in [4.69, 9.17) is 5.73 Å². The maximum Gasteiger partial charge on any atom is 0.262 e. The number of carbonyl (C=O) groups is 4. The van der Waals surface area contributed by atoms with Gasteiger partial charge in [-0.05, 0) is 48.4 Å². The van der Waals surface area contributed by atoms with Gasteiger partial charge in [0.25, 0.3) is 11.8 Å². The average Bonchev–Trinajstić information content (AvgIpc) is 3.05. The second-order valence-electron chi connectivity index (χ2n) is 8.68. The second-order valence-corrected chi connectivity index (χ2v) is 8.68. The molecule has 3 aliphatic rings. The predicted octanol–water partition coefficient (Wildman–Crippen LogP) is 0.992. The van der Waals surface area contributed by atoms with Crippen molar-refractivity contribution < 1.29 is 19.2 Å². The molecule has 170 valence electrons. The first kappa shape index (κ1) is 21.1. The third kappa shape index (κ3) is 3.95. The third-order valence-corrected chi connectivity index (χ3v) is 6.54. The van der Waals surface area contributed by atoms with Crippen LogP contribution in [-0.2, 0) is 16.1 Å². The summed E-state index contributed by atoms with van der Waals surface area (Å²) in [6.07, 6.45) is 0.263. The number of nitrogens with zero attached hydrogens (tertiary/aromatic N) is 3. The fraction of sp³-hybridized carbons (Fsp3) is 0.333. The number of nitrogen functional groups attached to an aromatic ring is 1. The van der Waals surface area contributed by atoms with Crippen molar-refractivity contribution in [2.45, 2.75) is 25.4 Å². The van der Waals surface area contributed by atoms with Gasteiger partial charge in [-0.15, -0.1) is 0 Å². The minimum absolute atomic E-state index is 0.109. The molecule has 2 aromatic rings. The van der Waals surface area contributed by atoms with Crippen molar-refractivity contribution >= 4 is 35.0 Å². The lowest BCUT2D eigenvalue weighted by molar-refractivity contribution is -0.136. The number of piperidine rings is 1. The molecule has 4 amide bonds. The molecular formula is C24H25N5O4. The zero-order valence-corrected chi connectivity index (χ0v) is 18.1. The molecule has 2 aromatic carbocycles. The SMILES string of the molecule is Nc1ccc(N2CCN(Cc3ccc4c(c3)C(=O)N(C3CCC(=O)NC3=O)C4=O)CC2)cc1. The van der Waals surface area contributed by atoms with E-state index < -0.39 is 23.8 Å². The number of hydrogen-bond acceptors (Lipinski definition) is 7. The highest BCUT2D eigenvalue weighted by atomic mass is 16.2. The van der Waals surface area contributed by atoms with E-state index in [0.717, 1.165) is 48.0 Å². The number of anilines is 2. The normalized spacial score (nSPS) is 21.4. The maximum atomic E-state index is 13.0. The standard InChI is InChI=1S/C24H25N5O4/c25-16-2-4-17(5-3-16)28-11-9-27(10-12-28)14-15-1-6-18-19(13-15)24(33)29(23(18)32)20-7-8-21(30)26-22(20)31/h1-6,13,20H,7-12,14,25H2,(H,26,30,31). The fourth-order valence-corrected chi connectivity index (χ4v) is 4.72. The molecule has 5 rings (SSSR count). The van der Waals surface area contributed by atoms with Crippen LogP contribution in [0.5, 0.6) is 0 Å². The lowest BCUT2D eigenvalue weighted by atomic mass is 10.0. The molecule has 1 unspecified atom stereocenters. The number of nitrogens with two attached hydrogens (primary N) is 1. The summed E-state index contributed by atoms with van der Waals surface area (Å²) in [6, 6.07) is 12.2. The van der Waals surface area contributed by atoms with Gasteiger partial charge in [-0.25, -0.2) is 0 Å². The average molecular weight is 447 g/mol. The van der Waals surface area contributed by atoms with Gasteiger partial charge < -0.3 is 10.6 Å². The van der Waals surface area contributed by atoms with Gasteiger partial charge in [0, 0.05) is 50.5 Å². The van der Waals surface area contributed by atoms with Crippen molar-refractivity contribution in [2.24, 2.45) is 0 Å². The van der Waals surface area contributed by atoms with Gasteiger partial charge in [0.05, 0.1) is 11.1 Å². The fourth-order valence-electron chi connectivity index (χ4n) is 4.72. The highest BCUT2D eigenvalue weighted by molar-refractivity contribution is 6.23. The molecule has 0 saturated carbocycles. The highest BCUT2D eigenvalue weighted by Crippen LogP contribution is 2.29. The van der Waals surface area contributed by atoms with Gasteiger partial charge in [0.15, 0.2) is 0 Å². The molecule has 3 aliphatic heterocycles. The predicted molar refractivity (Wildman–Crippen MR) is 121 cm³/mol. The van der Waals surface area contributed by atoms with Crippen LogP contribution in [0.25, 0.3) is 0 Å². The van der Waals surface area contributed by atoms with Gasteiger partial charge in [-0.3, -0.25) is 34.3 Å². The molecule has 3 N–H and O–H groups in total. The van der Waals surface area contributed by atoms with Crippen LogP contribution in [0.2, 0.25) is 0 Å². The lowest BCUT2D eigenvalue weighted by Crippen LogP contribution is -2.54. The molecule has 9 heteroatoms. The second kappa shape index (κ2) is 8.32. The molecule has 2 fully saturated rings. The number of carbonyl (C=O) groups excluding carboxylic acids is 4. The first-order valence-corrected chi connectivity index (χ1v) is 11.1. The Morgan fingerprint density at radius 2 is 1.58 bits per heavy atom. The van der Waals surface area contributed by atoms with Crippen LogP contribution in [0, 0.1) is 0 Å². The summed E-state index contributed by atoms with van der Waals surface area (Å²) in [5.74, 6) is -1.93. The molecule has 0 aliphatic carbocycles. The minimum Gasteiger partial charge on any atom is -0.399 e. The first-order valence-electron chi connectivity index (χ1n) is 11.1. The largest absolute Gasteiger partial charge is 0.399 e. The van der Waals surface area contributed by atoms with Gasteiger partial charge in [0.1, 0.15) is 6.04 Å². The van der Waals surface area contributed by atoms with Crippen LogP contribution in [0.1, 0.15) is 39.1 Å². The van der Waals surface area contributed by atoms with E-state index in [2.05, 4.69) is 15.1 Å². The summed E-state index contributed by atoms with van der Waals surface area (Å²) in [5, 5.41) is 2.22. The van der Waals surface area contributed by atoms with E-state index in [-0.39, 0.29) is 18.7 Å². The summed E-state index contributed by atoms with van der Waals surface area (Å²) in [5.41, 5.74) is 9.25. The lowest BCUT2D eigenvalue weighted by Gasteiger charge is -2.36. The van der Waals surface area contributed by atoms with Crippen molar-refractivity contribution in [2.75, 3.05) is 36.8 Å². The first-order chi connectivity index (χ1) is 15.9. The maximum absolute atomic E-state index is 13.0. The van der Waals surface area contributed by atoms with Crippen molar-refractivity contribution in [3.63, 3.8) is 0 Å². The number of imide groups is 2. The van der Waals surface area contributed by atoms with E-state index in [1.807, 2.05) is 30.3 Å². The highest BCUT2D eigenvalue weighted by Gasteiger charge is 2.44. The Morgan fingerprint density at radius 3 is 2.27 bits per heavy atom. The number of benzene rings is 2. The van der Waals surface area contributed by atoms with Crippen LogP contribution >= 0.6 is 0 Å². The van der Waals surface area contributed by atoms with Crippen LogP contribution < -0.4 is 16.0 Å². The van der Waals surface area contributed by atoms with E-state index in [0.29, 0.717) is 17.7 Å². The van der Waals surface area contributed by atoms with Gasteiger partial charge >= 0.3 is 0 Å². The Bertz CT molecular complexity index is 1140. The molecule has 1 atom stereocenters. The Morgan fingerprint density at radius 1 is 0.879 bits per heavy atom. The van der Waals surface area contributed by atoms with E-state index >= 15 is 0 Å². The van der Waals surface area contributed by atoms with Crippen LogP contribution in [0.3, 0.4) is 0 Å². The number of fused-ring (bicyclic) bond motifs is 1. The molecule has 3 heterocycles. The molecule has 0 radical (unpaired) electrons. The Kier molecular flexibility index (Phi) is 5.33. The van der Waals surface area contributed by atoms with Gasteiger partial charge in [-0.1, -0.05) is 6.07 Å². The Labute approximate surface area is 191 Å². The summed E-state index contributed by atoms with van der Waals surface area (Å²) in [4.78, 5) is 55.1. The third-order valence-electron chi connectivity index (χ3n) is 6.54. The van der Waals surface area contributed by atoms with E-state index in [9.17, 15) is 19.2 Å². The zero-order valence-electron chi connectivity index (χ0n) is 18.1. The summed E-state index contributed by atoms with van der Waals surface area (Å²) in [6.45, 7) is 4.18. The summed E-state index contributed by atoms with van der Waals surface area (Å²) < 4.78 is 0. The number of hydrogen-bond donors (Lipinski definition) is 2. The van der Waals surface area contributed by atoms with Gasteiger partial charge in [0.2, 0.25) is 11.8 Å². The number of nitrogens with one attached hydrogen (secondary N) is 1. The molecular weight excluding hydrogens is 422 g/mol.